The number of nitrogens with zero attached hydrogens (tertiary/aromatic N) is 5. The van der Waals surface area contributed by atoms with Gasteiger partial charge in [-0.05, 0) is 149 Å². The summed E-state index contributed by atoms with van der Waals surface area (Å²) in [5, 5.41) is 0. The Morgan fingerprint density at radius 1 is 0.429 bits per heavy atom. The van der Waals surface area contributed by atoms with Gasteiger partial charge in [0.2, 0.25) is 0 Å². The smallest absolute Gasteiger partial charge is 0.0110 e. The summed E-state index contributed by atoms with van der Waals surface area (Å²) in [6, 6.07) is 0. The van der Waals surface area contributed by atoms with E-state index in [1.165, 1.54) is 143 Å². The number of likely N-dealkylation sites (N-methyl/N-ethyl adjacent to an activating group) is 1. The van der Waals surface area contributed by atoms with Gasteiger partial charge in [0.15, 0.2) is 0 Å². The highest BCUT2D eigenvalue weighted by Gasteiger charge is 2.13. The summed E-state index contributed by atoms with van der Waals surface area (Å²) in [7, 11) is 6.44. The van der Waals surface area contributed by atoms with Crippen LogP contribution in [0.5, 0.6) is 0 Å². The Morgan fingerprint density at radius 2 is 0.738 bits per heavy atom. The van der Waals surface area contributed by atoms with Crippen LogP contribution in [0.3, 0.4) is 0 Å². The Kier molecular flexibility index (Phi) is 27.0. The van der Waals surface area contributed by atoms with Crippen LogP contribution in [-0.4, -0.2) is 124 Å². The van der Waals surface area contributed by atoms with Gasteiger partial charge in [-0.1, -0.05) is 68.2 Å². The summed E-state index contributed by atoms with van der Waals surface area (Å²) in [4.78, 5) is 12.4. The second-order valence-corrected chi connectivity index (χ2v) is 15.5. The van der Waals surface area contributed by atoms with E-state index < -0.39 is 0 Å². The maximum Gasteiger partial charge on any atom is 0.0110 e. The highest BCUT2D eigenvalue weighted by Crippen LogP contribution is 2.12. The van der Waals surface area contributed by atoms with Gasteiger partial charge in [-0.2, -0.15) is 0 Å². The zero-order valence-electron chi connectivity index (χ0n) is 31.1. The number of piperazine rings is 1. The molecule has 3 fully saturated rings. The molecule has 0 spiro atoms. The van der Waals surface area contributed by atoms with Crippen molar-refractivity contribution in [1.82, 2.24) is 24.5 Å². The Balaban J connectivity index is 0.000000539. The zero-order valence-corrected chi connectivity index (χ0v) is 31.1. The molecule has 3 saturated heterocycles. The molecular formula is C37H81N5. The van der Waals surface area contributed by atoms with Crippen molar-refractivity contribution in [3.05, 3.63) is 0 Å². The van der Waals surface area contributed by atoms with Crippen LogP contribution >= 0.6 is 0 Å². The Hall–Kier alpha value is -0.200. The maximum atomic E-state index is 2.61. The van der Waals surface area contributed by atoms with E-state index in [-0.39, 0.29) is 0 Å². The second-order valence-electron chi connectivity index (χ2n) is 15.5. The molecule has 0 aliphatic carbocycles. The number of hydrogen-bond donors (Lipinski definition) is 0. The Morgan fingerprint density at radius 3 is 1.00 bits per heavy atom. The van der Waals surface area contributed by atoms with E-state index in [0.717, 1.165) is 23.7 Å². The number of piperidine rings is 2. The predicted molar refractivity (Wildman–Crippen MR) is 191 cm³/mol. The third kappa shape index (κ3) is 28.6. The molecule has 3 aliphatic rings. The van der Waals surface area contributed by atoms with Gasteiger partial charge in [0.05, 0.1) is 0 Å². The lowest BCUT2D eigenvalue weighted by Crippen LogP contribution is -2.44. The summed E-state index contributed by atoms with van der Waals surface area (Å²) in [5.41, 5.74) is 0. The van der Waals surface area contributed by atoms with Crippen LogP contribution in [0.25, 0.3) is 0 Å². The van der Waals surface area contributed by atoms with Crippen LogP contribution in [0.1, 0.15) is 120 Å². The van der Waals surface area contributed by atoms with Crippen molar-refractivity contribution < 1.29 is 0 Å². The SMILES string of the molecule is CC(C)CCN(C)C.CC(C)CCN1CCCCC1.CC(C)CCN1CCCCC1.CC(C)CCN1CCN(C)CC1. The molecule has 0 aromatic carbocycles. The summed E-state index contributed by atoms with van der Waals surface area (Å²) in [5.74, 6) is 3.44. The van der Waals surface area contributed by atoms with Crippen LogP contribution in [0.15, 0.2) is 0 Å². The second kappa shape index (κ2) is 27.1. The molecule has 5 heteroatoms. The van der Waals surface area contributed by atoms with Gasteiger partial charge in [-0.25, -0.2) is 0 Å². The lowest BCUT2D eigenvalue weighted by atomic mass is 10.1. The molecule has 3 aliphatic heterocycles. The average molecular weight is 596 g/mol. The van der Waals surface area contributed by atoms with Crippen LogP contribution in [0.2, 0.25) is 0 Å². The molecular weight excluding hydrogens is 514 g/mol. The van der Waals surface area contributed by atoms with E-state index in [1.54, 1.807) is 0 Å². The average Bonchev–Trinajstić information content (AvgIpc) is 2.96. The minimum Gasteiger partial charge on any atom is -0.309 e. The minimum atomic E-state index is 0.845. The van der Waals surface area contributed by atoms with Gasteiger partial charge in [0.1, 0.15) is 0 Å². The Labute approximate surface area is 267 Å². The molecule has 42 heavy (non-hydrogen) atoms. The third-order valence-corrected chi connectivity index (χ3v) is 8.71. The Bertz CT molecular complexity index is 508. The molecule has 0 unspecified atom stereocenters. The van der Waals surface area contributed by atoms with Crippen molar-refractivity contribution in [2.75, 3.05) is 99.7 Å². The molecule has 5 nitrogen and oxygen atoms in total. The number of likely N-dealkylation sites (tertiary alicyclic amines) is 2. The molecule has 3 rings (SSSR count). The predicted octanol–water partition coefficient (Wildman–Crippen LogP) is 7.91. The summed E-state index contributed by atoms with van der Waals surface area (Å²) >= 11 is 0. The minimum absolute atomic E-state index is 0.845. The van der Waals surface area contributed by atoms with Crippen molar-refractivity contribution in [3.8, 4) is 0 Å². The fourth-order valence-corrected chi connectivity index (χ4v) is 5.28. The largest absolute Gasteiger partial charge is 0.309 e. The summed E-state index contributed by atoms with van der Waals surface area (Å²) < 4.78 is 0. The fourth-order valence-electron chi connectivity index (χ4n) is 5.28. The first-order chi connectivity index (χ1) is 19.9. The van der Waals surface area contributed by atoms with Crippen LogP contribution in [0, 0.1) is 23.7 Å². The fraction of sp³-hybridized carbons (Fsp3) is 1.00. The first kappa shape index (κ1) is 41.8. The maximum absolute atomic E-state index is 2.61. The van der Waals surface area contributed by atoms with Gasteiger partial charge in [0.25, 0.3) is 0 Å². The first-order valence-corrected chi connectivity index (χ1v) is 18.4. The van der Waals surface area contributed by atoms with Crippen LogP contribution in [0.4, 0.5) is 0 Å². The van der Waals surface area contributed by atoms with E-state index in [0.29, 0.717) is 0 Å². The van der Waals surface area contributed by atoms with Crippen molar-refractivity contribution in [1.29, 1.82) is 0 Å². The number of hydrogen-bond acceptors (Lipinski definition) is 5. The molecule has 0 aromatic rings. The van der Waals surface area contributed by atoms with Gasteiger partial charge in [-0.3, -0.25) is 0 Å². The molecule has 0 N–H and O–H groups in total. The molecule has 0 saturated carbocycles. The number of rotatable bonds is 12. The normalized spacial score (nSPS) is 19.4. The monoisotopic (exact) mass is 596 g/mol. The van der Waals surface area contributed by atoms with E-state index in [9.17, 15) is 0 Å². The van der Waals surface area contributed by atoms with Crippen molar-refractivity contribution in [2.24, 2.45) is 23.7 Å². The molecule has 0 aromatic heterocycles. The molecule has 254 valence electrons. The molecule has 0 radical (unpaired) electrons. The van der Waals surface area contributed by atoms with Crippen LogP contribution < -0.4 is 0 Å². The summed E-state index contributed by atoms with van der Waals surface area (Å²) in [6.07, 6.45) is 14.0. The quantitative estimate of drug-likeness (QED) is 0.227. The standard InChI is InChI=1S/C10H22N2.2C10H21N.C7H17N/c1-10(2)4-5-12-8-6-11(3)7-9-12;2*1-10(2)6-9-11-7-4-3-5-8-11;1-7(2)5-6-8(3)4/h10H,4-9H2,1-3H3;2*10H,3-9H2,1-2H3;7H,5-6H2,1-4H3. The molecule has 3 heterocycles. The summed E-state index contributed by atoms with van der Waals surface area (Å²) in [6.45, 7) is 34.0. The van der Waals surface area contributed by atoms with Gasteiger partial charge in [0, 0.05) is 26.2 Å². The van der Waals surface area contributed by atoms with Crippen molar-refractivity contribution >= 4 is 0 Å². The van der Waals surface area contributed by atoms with Gasteiger partial charge < -0.3 is 24.5 Å². The molecule has 0 amide bonds. The van der Waals surface area contributed by atoms with Gasteiger partial charge in [-0.15, -0.1) is 0 Å². The van der Waals surface area contributed by atoms with Gasteiger partial charge >= 0.3 is 0 Å². The topological polar surface area (TPSA) is 16.2 Å². The first-order valence-electron chi connectivity index (χ1n) is 18.4. The van der Waals surface area contributed by atoms with Crippen molar-refractivity contribution in [2.45, 2.75) is 120 Å². The highest BCUT2D eigenvalue weighted by atomic mass is 15.2. The highest BCUT2D eigenvalue weighted by molar-refractivity contribution is 4.69. The van der Waals surface area contributed by atoms with Crippen LogP contribution in [-0.2, 0) is 0 Å². The third-order valence-electron chi connectivity index (χ3n) is 8.71. The zero-order chi connectivity index (χ0) is 31.8. The van der Waals surface area contributed by atoms with Crippen molar-refractivity contribution in [3.63, 3.8) is 0 Å². The molecule has 0 atom stereocenters. The van der Waals surface area contributed by atoms with E-state index in [2.05, 4.69) is 101 Å². The lowest BCUT2D eigenvalue weighted by Gasteiger charge is -2.32. The van der Waals surface area contributed by atoms with E-state index in [4.69, 9.17) is 0 Å². The van der Waals surface area contributed by atoms with E-state index in [1.807, 2.05) is 0 Å². The lowest BCUT2D eigenvalue weighted by molar-refractivity contribution is 0.148. The van der Waals surface area contributed by atoms with E-state index >= 15 is 0 Å². The molecule has 0 bridgehead atoms.